The molecule has 0 aliphatic carbocycles. The summed E-state index contributed by atoms with van der Waals surface area (Å²) in [6, 6.07) is 4.35. The van der Waals surface area contributed by atoms with Gasteiger partial charge < -0.3 is 20.1 Å². The van der Waals surface area contributed by atoms with E-state index in [1.54, 1.807) is 13.8 Å². The van der Waals surface area contributed by atoms with Crippen molar-refractivity contribution in [2.24, 2.45) is 0 Å². The Morgan fingerprint density at radius 2 is 1.21 bits per heavy atom. The van der Waals surface area contributed by atoms with Crippen LogP contribution in [-0.4, -0.2) is 31.3 Å². The number of carbonyl (C=O) groups excluding carboxylic acids is 1. The highest BCUT2D eigenvalue weighted by atomic mass is 19.1. The lowest BCUT2D eigenvalue weighted by atomic mass is 10.3. The molecule has 0 saturated carbocycles. The largest absolute Gasteiger partial charge is 0.488 e. The number of carbonyl (C=O) groups is 1. The van der Waals surface area contributed by atoms with Gasteiger partial charge in [0.25, 0.3) is 0 Å². The number of nitrogens with one attached hydrogen (secondary N) is 2. The molecular weight excluding hydrogens is 380 g/mol. The lowest BCUT2D eigenvalue weighted by Gasteiger charge is -2.19. The normalized spacial score (nSPS) is 12.8. The van der Waals surface area contributed by atoms with Gasteiger partial charge in [-0.2, -0.15) is 0 Å². The molecule has 5 nitrogen and oxygen atoms in total. The van der Waals surface area contributed by atoms with Crippen LogP contribution in [0.2, 0.25) is 0 Å². The summed E-state index contributed by atoms with van der Waals surface area (Å²) in [6.45, 7) is 3.19. The third-order valence-electron chi connectivity index (χ3n) is 3.52. The van der Waals surface area contributed by atoms with Crippen LogP contribution in [0.3, 0.4) is 0 Å². The number of amides is 2. The number of benzene rings is 2. The van der Waals surface area contributed by atoms with Crippen LogP contribution >= 0.6 is 0 Å². The van der Waals surface area contributed by atoms with Crippen molar-refractivity contribution >= 4 is 6.03 Å². The fourth-order valence-corrected chi connectivity index (χ4v) is 2.19. The standard InChI is InChI=1S/C19H20F4N2O3/c1-11(9-27-17-5-3-13(20)7-15(17)22)24-19(26)25-12(2)10-28-18-6-4-14(21)8-16(18)23/h3-8,11-12H,9-10H2,1-2H3,(H2,24,25,26)/t11-,12+. The minimum atomic E-state index is -0.838. The number of halogens is 4. The predicted molar refractivity (Wildman–Crippen MR) is 94.3 cm³/mol. The van der Waals surface area contributed by atoms with Crippen LogP contribution in [0, 0.1) is 23.3 Å². The average molecular weight is 400 g/mol. The van der Waals surface area contributed by atoms with Gasteiger partial charge in [-0.25, -0.2) is 22.4 Å². The van der Waals surface area contributed by atoms with E-state index >= 15 is 0 Å². The molecule has 152 valence electrons. The summed E-state index contributed by atoms with van der Waals surface area (Å²) in [5.41, 5.74) is 0. The number of hydrogen-bond donors (Lipinski definition) is 2. The second-order valence-corrected chi connectivity index (χ2v) is 6.19. The maximum atomic E-state index is 13.5. The Morgan fingerprint density at radius 1 is 0.821 bits per heavy atom. The van der Waals surface area contributed by atoms with E-state index in [1.807, 2.05) is 0 Å². The summed E-state index contributed by atoms with van der Waals surface area (Å²) in [4.78, 5) is 11.9. The number of hydrogen-bond acceptors (Lipinski definition) is 3. The molecule has 0 heterocycles. The molecule has 2 aromatic rings. The molecule has 2 rings (SSSR count). The third kappa shape index (κ3) is 6.64. The highest BCUT2D eigenvalue weighted by Gasteiger charge is 2.14. The van der Waals surface area contributed by atoms with Crippen molar-refractivity contribution in [2.45, 2.75) is 25.9 Å². The molecule has 0 aliphatic rings. The first kappa shape index (κ1) is 21.3. The Kier molecular flexibility index (Phi) is 7.48. The zero-order valence-electron chi connectivity index (χ0n) is 15.3. The lowest BCUT2D eigenvalue weighted by Crippen LogP contribution is -2.47. The number of ether oxygens (including phenoxy) is 2. The van der Waals surface area contributed by atoms with Crippen molar-refractivity contribution in [1.29, 1.82) is 0 Å². The van der Waals surface area contributed by atoms with E-state index in [-0.39, 0.29) is 24.7 Å². The monoisotopic (exact) mass is 400 g/mol. The van der Waals surface area contributed by atoms with E-state index in [1.165, 1.54) is 0 Å². The van der Waals surface area contributed by atoms with Gasteiger partial charge in [0.15, 0.2) is 23.1 Å². The first-order valence-corrected chi connectivity index (χ1v) is 8.47. The second kappa shape index (κ2) is 9.82. The number of urea groups is 1. The maximum Gasteiger partial charge on any atom is 0.315 e. The van der Waals surface area contributed by atoms with Crippen LogP contribution in [0.15, 0.2) is 36.4 Å². The van der Waals surface area contributed by atoms with Crippen molar-refractivity contribution < 1.29 is 31.8 Å². The molecule has 0 saturated heterocycles. The molecule has 0 bridgehead atoms. The Balaban J connectivity index is 1.72. The zero-order chi connectivity index (χ0) is 20.7. The van der Waals surface area contributed by atoms with E-state index < -0.39 is 41.4 Å². The number of rotatable bonds is 8. The molecule has 0 aliphatic heterocycles. The minimum Gasteiger partial charge on any atom is -0.488 e. The maximum absolute atomic E-state index is 13.5. The molecule has 0 radical (unpaired) electrons. The Hall–Kier alpha value is -2.97. The molecule has 0 fully saturated rings. The van der Waals surface area contributed by atoms with Crippen molar-refractivity contribution in [3.8, 4) is 11.5 Å². The summed E-state index contributed by atoms with van der Waals surface area (Å²) in [7, 11) is 0. The smallest absolute Gasteiger partial charge is 0.315 e. The molecule has 0 spiro atoms. The van der Waals surface area contributed by atoms with E-state index in [2.05, 4.69) is 10.6 Å². The molecule has 9 heteroatoms. The minimum absolute atomic E-state index is 0.0400. The Labute approximate surface area is 159 Å². The topological polar surface area (TPSA) is 59.6 Å². The van der Waals surface area contributed by atoms with Gasteiger partial charge in [-0.15, -0.1) is 0 Å². The van der Waals surface area contributed by atoms with Crippen LogP contribution in [0.25, 0.3) is 0 Å². The molecule has 0 unspecified atom stereocenters. The second-order valence-electron chi connectivity index (χ2n) is 6.19. The van der Waals surface area contributed by atoms with Crippen LogP contribution in [0.5, 0.6) is 11.5 Å². The van der Waals surface area contributed by atoms with Crippen molar-refractivity contribution in [3.05, 3.63) is 59.7 Å². The molecule has 2 amide bonds. The van der Waals surface area contributed by atoms with E-state index in [0.717, 1.165) is 24.3 Å². The van der Waals surface area contributed by atoms with E-state index in [4.69, 9.17) is 9.47 Å². The Morgan fingerprint density at radius 3 is 1.57 bits per heavy atom. The van der Waals surface area contributed by atoms with Gasteiger partial charge in [0.1, 0.15) is 24.8 Å². The molecule has 2 atom stereocenters. The third-order valence-corrected chi connectivity index (χ3v) is 3.52. The summed E-state index contributed by atoms with van der Waals surface area (Å²) >= 11 is 0. The van der Waals surface area contributed by atoms with Gasteiger partial charge in [-0.3, -0.25) is 0 Å². The average Bonchev–Trinajstić information content (AvgIpc) is 2.60. The van der Waals surface area contributed by atoms with Crippen molar-refractivity contribution in [3.63, 3.8) is 0 Å². The van der Waals surface area contributed by atoms with E-state index in [9.17, 15) is 22.4 Å². The van der Waals surface area contributed by atoms with E-state index in [0.29, 0.717) is 12.1 Å². The molecule has 2 N–H and O–H groups in total. The zero-order valence-corrected chi connectivity index (χ0v) is 15.3. The van der Waals surface area contributed by atoms with Crippen LogP contribution in [0.4, 0.5) is 22.4 Å². The fraction of sp³-hybridized carbons (Fsp3) is 0.316. The first-order chi connectivity index (χ1) is 13.2. The predicted octanol–water partition coefficient (Wildman–Crippen LogP) is 3.78. The first-order valence-electron chi connectivity index (χ1n) is 8.47. The molecular formula is C19H20F4N2O3. The quantitative estimate of drug-likeness (QED) is 0.663. The summed E-state index contributed by atoms with van der Waals surface area (Å²) in [5, 5.41) is 5.16. The van der Waals surface area contributed by atoms with Crippen LogP contribution in [0.1, 0.15) is 13.8 Å². The highest BCUT2D eigenvalue weighted by molar-refractivity contribution is 5.74. The van der Waals surface area contributed by atoms with Gasteiger partial charge in [-0.1, -0.05) is 0 Å². The summed E-state index contributed by atoms with van der Waals surface area (Å²) in [6.07, 6.45) is 0. The Bertz CT molecular complexity index is 754. The van der Waals surface area contributed by atoms with Crippen molar-refractivity contribution in [2.75, 3.05) is 13.2 Å². The molecule has 0 aromatic heterocycles. The van der Waals surface area contributed by atoms with Gasteiger partial charge in [0, 0.05) is 12.1 Å². The van der Waals surface area contributed by atoms with Gasteiger partial charge in [-0.05, 0) is 38.1 Å². The molecule has 28 heavy (non-hydrogen) atoms. The molecule has 2 aromatic carbocycles. The van der Waals surface area contributed by atoms with Crippen LogP contribution in [-0.2, 0) is 0 Å². The van der Waals surface area contributed by atoms with Crippen LogP contribution < -0.4 is 20.1 Å². The van der Waals surface area contributed by atoms with Gasteiger partial charge >= 0.3 is 6.03 Å². The highest BCUT2D eigenvalue weighted by Crippen LogP contribution is 2.18. The van der Waals surface area contributed by atoms with Gasteiger partial charge in [0.05, 0.1) is 12.1 Å². The summed E-state index contributed by atoms with van der Waals surface area (Å²) < 4.78 is 63.1. The fourth-order valence-electron chi connectivity index (χ4n) is 2.19. The van der Waals surface area contributed by atoms with Gasteiger partial charge in [0.2, 0.25) is 0 Å². The lowest BCUT2D eigenvalue weighted by molar-refractivity contribution is 0.212. The summed E-state index contributed by atoms with van der Waals surface area (Å²) in [5.74, 6) is -3.36. The van der Waals surface area contributed by atoms with Crippen molar-refractivity contribution in [1.82, 2.24) is 10.6 Å². The SMILES string of the molecule is C[C@H](COc1ccc(F)cc1F)NC(=O)N[C@@H](C)COc1ccc(F)cc1F.